The van der Waals surface area contributed by atoms with Crippen LogP contribution in [0.25, 0.3) is 89.5 Å². The van der Waals surface area contributed by atoms with E-state index in [0.29, 0.717) is 0 Å². The van der Waals surface area contributed by atoms with E-state index in [0.717, 1.165) is 89.5 Å². The number of rotatable bonds is 6. The predicted molar refractivity (Wildman–Crippen MR) is 198 cm³/mol. The van der Waals surface area contributed by atoms with Gasteiger partial charge in [-0.05, 0) is 59.2 Å². The van der Waals surface area contributed by atoms with Gasteiger partial charge in [0.1, 0.15) is 11.5 Å². The van der Waals surface area contributed by atoms with Gasteiger partial charge in [-0.3, -0.25) is 9.97 Å². The van der Waals surface area contributed by atoms with Crippen molar-refractivity contribution in [1.29, 1.82) is 0 Å². The van der Waals surface area contributed by atoms with Gasteiger partial charge in [0.15, 0.2) is 5.58 Å². The molecule has 0 saturated carbocycles. The van der Waals surface area contributed by atoms with Crippen molar-refractivity contribution in [2.24, 2.45) is 0 Å². The van der Waals surface area contributed by atoms with E-state index >= 15 is 0 Å². The summed E-state index contributed by atoms with van der Waals surface area (Å²) in [7, 11) is 0. The zero-order valence-electron chi connectivity index (χ0n) is 26.4. The van der Waals surface area contributed by atoms with Crippen molar-refractivity contribution in [2.45, 2.75) is 0 Å². The normalized spacial score (nSPS) is 11.3. The molecule has 0 unspecified atom stereocenters. The minimum absolute atomic E-state index is 0.767. The molecule has 5 heterocycles. The number of hydrogen-bond donors (Lipinski definition) is 0. The van der Waals surface area contributed by atoms with E-state index < -0.39 is 0 Å². The third-order valence-corrected chi connectivity index (χ3v) is 8.78. The van der Waals surface area contributed by atoms with Crippen LogP contribution < -0.4 is 0 Å². The highest BCUT2D eigenvalue weighted by molar-refractivity contribution is 6.18. The van der Waals surface area contributed by atoms with E-state index in [4.69, 9.17) is 14.4 Å². The van der Waals surface area contributed by atoms with Crippen LogP contribution in [0.3, 0.4) is 0 Å². The average molecular weight is 629 g/mol. The number of hydrogen-bond acceptors (Lipinski definition) is 5. The van der Waals surface area contributed by atoms with Gasteiger partial charge < -0.3 is 4.42 Å². The number of pyridine rings is 4. The summed E-state index contributed by atoms with van der Waals surface area (Å²) in [5, 5.41) is 2.06. The Bertz CT molecular complexity index is 2510. The molecule has 0 fully saturated rings. The molecule has 0 bridgehead atoms. The fourth-order valence-corrected chi connectivity index (χ4v) is 6.49. The second kappa shape index (κ2) is 12.1. The molecule has 5 aromatic heterocycles. The lowest BCUT2D eigenvalue weighted by Gasteiger charge is -2.12. The van der Waals surface area contributed by atoms with Gasteiger partial charge in [-0.15, -0.1) is 0 Å². The van der Waals surface area contributed by atoms with Gasteiger partial charge >= 0.3 is 0 Å². The topological polar surface area (TPSA) is 64.7 Å². The van der Waals surface area contributed by atoms with Crippen LogP contribution >= 0.6 is 0 Å². The maximum absolute atomic E-state index is 6.89. The Hall–Kier alpha value is -6.72. The lowest BCUT2D eigenvalue weighted by molar-refractivity contribution is 0.632. The third kappa shape index (κ3) is 5.24. The maximum atomic E-state index is 6.89. The first-order valence-corrected chi connectivity index (χ1v) is 16.2. The lowest BCUT2D eigenvalue weighted by atomic mass is 9.94. The standard InChI is InChI=1S/C44H28N4O/c1-4-14-29(15-5-1)40-41-34-23-22-32(33-27-38(35-20-10-12-24-45-35)47-39(28-33)36-21-11-13-25-46-36)26-37(34)48-42(30-16-6-2-7-17-30)44(41)49-43(40)31-18-8-3-9-19-31/h1-28H. The van der Waals surface area contributed by atoms with Crippen LogP contribution in [-0.2, 0) is 0 Å². The van der Waals surface area contributed by atoms with Crippen LogP contribution in [0.15, 0.2) is 175 Å². The molecule has 0 aliphatic heterocycles. The first-order valence-electron chi connectivity index (χ1n) is 16.2. The highest BCUT2D eigenvalue weighted by atomic mass is 16.3. The monoisotopic (exact) mass is 628 g/mol. The zero-order chi connectivity index (χ0) is 32.6. The molecule has 0 N–H and O–H groups in total. The molecule has 9 aromatic rings. The molecule has 230 valence electrons. The Balaban J connectivity index is 1.33. The fraction of sp³-hybridized carbons (Fsp3) is 0. The Kier molecular flexibility index (Phi) is 7.06. The smallest absolute Gasteiger partial charge is 0.162 e. The Labute approximate surface area is 283 Å². The zero-order valence-corrected chi connectivity index (χ0v) is 26.4. The van der Waals surface area contributed by atoms with Gasteiger partial charge in [-0.25, -0.2) is 9.97 Å². The molecular formula is C44H28N4O. The maximum Gasteiger partial charge on any atom is 0.162 e. The number of furan rings is 1. The molecule has 0 amide bonds. The predicted octanol–water partition coefficient (Wildman–Crippen LogP) is 11.2. The van der Waals surface area contributed by atoms with E-state index in [1.54, 1.807) is 12.4 Å². The molecule has 4 aromatic carbocycles. The van der Waals surface area contributed by atoms with Crippen molar-refractivity contribution in [3.05, 3.63) is 170 Å². The van der Waals surface area contributed by atoms with Crippen LogP contribution in [0.2, 0.25) is 0 Å². The molecule has 0 radical (unpaired) electrons. The quantitative estimate of drug-likeness (QED) is 0.183. The van der Waals surface area contributed by atoms with Crippen LogP contribution in [0.1, 0.15) is 0 Å². The Morgan fingerprint density at radius 1 is 0.408 bits per heavy atom. The average Bonchev–Trinajstić information content (AvgIpc) is 3.60. The molecule has 0 aliphatic carbocycles. The Morgan fingerprint density at radius 2 is 0.980 bits per heavy atom. The van der Waals surface area contributed by atoms with Crippen LogP contribution in [-0.4, -0.2) is 19.9 Å². The van der Waals surface area contributed by atoms with Crippen LogP contribution in [0, 0.1) is 0 Å². The van der Waals surface area contributed by atoms with Gasteiger partial charge in [0.05, 0.1) is 28.3 Å². The van der Waals surface area contributed by atoms with Gasteiger partial charge in [-0.1, -0.05) is 115 Å². The fourth-order valence-electron chi connectivity index (χ4n) is 6.49. The summed E-state index contributed by atoms with van der Waals surface area (Å²) in [6.45, 7) is 0. The van der Waals surface area contributed by atoms with Gasteiger partial charge in [0.25, 0.3) is 0 Å². The van der Waals surface area contributed by atoms with E-state index in [2.05, 4.69) is 88.8 Å². The number of nitrogens with zero attached hydrogens (tertiary/aromatic N) is 4. The summed E-state index contributed by atoms with van der Waals surface area (Å²) in [6, 6.07) is 53.5. The van der Waals surface area contributed by atoms with Crippen molar-refractivity contribution < 1.29 is 4.42 Å². The van der Waals surface area contributed by atoms with E-state index in [1.165, 1.54) is 0 Å². The van der Waals surface area contributed by atoms with Crippen molar-refractivity contribution in [1.82, 2.24) is 19.9 Å². The third-order valence-electron chi connectivity index (χ3n) is 8.78. The second-order valence-electron chi connectivity index (χ2n) is 11.9. The minimum Gasteiger partial charge on any atom is -0.453 e. The first kappa shape index (κ1) is 28.5. The van der Waals surface area contributed by atoms with Crippen LogP contribution in [0.4, 0.5) is 0 Å². The summed E-state index contributed by atoms with van der Waals surface area (Å²) >= 11 is 0. The van der Waals surface area contributed by atoms with Crippen molar-refractivity contribution >= 4 is 21.9 Å². The molecule has 5 heteroatoms. The molecule has 0 aliphatic rings. The number of fused-ring (bicyclic) bond motifs is 3. The van der Waals surface area contributed by atoms with Gasteiger partial charge in [0.2, 0.25) is 0 Å². The van der Waals surface area contributed by atoms with E-state index in [9.17, 15) is 0 Å². The molecule has 5 nitrogen and oxygen atoms in total. The minimum atomic E-state index is 0.767. The molecule has 49 heavy (non-hydrogen) atoms. The molecule has 0 atom stereocenters. The molecule has 0 spiro atoms. The van der Waals surface area contributed by atoms with Crippen molar-refractivity contribution in [3.8, 4) is 67.6 Å². The summed E-state index contributed by atoms with van der Waals surface area (Å²) in [5.74, 6) is 0.825. The van der Waals surface area contributed by atoms with Gasteiger partial charge in [0, 0.05) is 39.9 Å². The summed E-state index contributed by atoms with van der Waals surface area (Å²) in [5.41, 5.74) is 11.8. The summed E-state index contributed by atoms with van der Waals surface area (Å²) < 4.78 is 6.89. The molecular weight excluding hydrogens is 601 g/mol. The highest BCUT2D eigenvalue weighted by Crippen LogP contribution is 2.47. The highest BCUT2D eigenvalue weighted by Gasteiger charge is 2.24. The summed E-state index contributed by atoms with van der Waals surface area (Å²) in [4.78, 5) is 19.5. The van der Waals surface area contributed by atoms with Crippen LogP contribution in [0.5, 0.6) is 0 Å². The molecule has 9 rings (SSSR count). The SMILES string of the molecule is c1ccc(-c2oc3c(-c4ccccc4)nc4cc(-c5cc(-c6ccccn6)nc(-c6ccccn6)c5)ccc4c3c2-c2ccccc2)cc1. The number of benzene rings is 4. The van der Waals surface area contributed by atoms with Gasteiger partial charge in [-0.2, -0.15) is 0 Å². The summed E-state index contributed by atoms with van der Waals surface area (Å²) in [6.07, 6.45) is 3.58. The van der Waals surface area contributed by atoms with E-state index in [1.807, 2.05) is 78.9 Å². The van der Waals surface area contributed by atoms with Crippen molar-refractivity contribution in [2.75, 3.05) is 0 Å². The lowest BCUT2D eigenvalue weighted by Crippen LogP contribution is -1.94. The second-order valence-corrected chi connectivity index (χ2v) is 11.9. The Morgan fingerprint density at radius 3 is 1.57 bits per heavy atom. The first-order chi connectivity index (χ1) is 24.3. The molecule has 0 saturated heterocycles. The van der Waals surface area contributed by atoms with E-state index in [-0.39, 0.29) is 0 Å². The van der Waals surface area contributed by atoms with Crippen molar-refractivity contribution in [3.63, 3.8) is 0 Å². The largest absolute Gasteiger partial charge is 0.453 e. The number of aromatic nitrogens is 4.